The van der Waals surface area contributed by atoms with Gasteiger partial charge in [0.25, 0.3) is 11.8 Å². The van der Waals surface area contributed by atoms with Gasteiger partial charge in [0.1, 0.15) is 0 Å². The molecule has 0 fully saturated rings. The van der Waals surface area contributed by atoms with E-state index >= 15 is 0 Å². The Balaban J connectivity index is 1.37. The molecule has 0 saturated heterocycles. The highest BCUT2D eigenvalue weighted by Gasteiger charge is 2.26. The molecule has 0 radical (unpaired) electrons. The maximum Gasteiger partial charge on any atom is 0.256 e. The van der Waals surface area contributed by atoms with Gasteiger partial charge in [0, 0.05) is 40.9 Å². The van der Waals surface area contributed by atoms with Crippen LogP contribution >= 0.6 is 0 Å². The van der Waals surface area contributed by atoms with E-state index in [4.69, 9.17) is 0 Å². The number of benzene rings is 2. The van der Waals surface area contributed by atoms with Crippen LogP contribution in [0.3, 0.4) is 0 Å². The quantitative estimate of drug-likeness (QED) is 0.186. The highest BCUT2D eigenvalue weighted by Crippen LogP contribution is 2.37. The van der Waals surface area contributed by atoms with E-state index in [9.17, 15) is 9.59 Å². The minimum Gasteiger partial charge on any atom is -0.358 e. The zero-order chi connectivity index (χ0) is 28.2. The Kier molecular flexibility index (Phi) is 7.98. The van der Waals surface area contributed by atoms with Crippen molar-refractivity contribution in [3.05, 3.63) is 89.0 Å². The summed E-state index contributed by atoms with van der Waals surface area (Å²) in [7, 11) is 0. The lowest BCUT2D eigenvalue weighted by Crippen LogP contribution is -2.30. The second-order valence-electron chi connectivity index (χ2n) is 10.1. The van der Waals surface area contributed by atoms with Gasteiger partial charge in [0.05, 0.1) is 23.0 Å². The van der Waals surface area contributed by atoms with Crippen LogP contribution in [0.5, 0.6) is 0 Å². The average Bonchev–Trinajstić information content (AvgIpc) is 3.65. The summed E-state index contributed by atoms with van der Waals surface area (Å²) in [4.78, 5) is 31.7. The van der Waals surface area contributed by atoms with E-state index in [-0.39, 0.29) is 11.8 Å². The number of amides is 2. The second kappa shape index (κ2) is 11.8. The number of H-pyrrole nitrogens is 1. The SMILES string of the molecule is CCN(CC)CCCNC(=O)c1c(C)[nH]c(/C=C2\C(=O)Nc3ccc(-c4cnn(-c5ccccc5)c4)cc32)c1C. The van der Waals surface area contributed by atoms with Crippen LogP contribution in [0.2, 0.25) is 0 Å². The summed E-state index contributed by atoms with van der Waals surface area (Å²) < 4.78 is 1.84. The highest BCUT2D eigenvalue weighted by molar-refractivity contribution is 6.35. The maximum absolute atomic E-state index is 13.0. The second-order valence-corrected chi connectivity index (χ2v) is 10.1. The summed E-state index contributed by atoms with van der Waals surface area (Å²) in [5.74, 6) is -0.259. The first-order valence-corrected chi connectivity index (χ1v) is 13.9. The molecule has 8 heteroatoms. The molecule has 40 heavy (non-hydrogen) atoms. The number of aromatic nitrogens is 3. The largest absolute Gasteiger partial charge is 0.358 e. The molecule has 0 aliphatic carbocycles. The number of aryl methyl sites for hydroxylation is 1. The average molecular weight is 537 g/mol. The van der Waals surface area contributed by atoms with E-state index in [1.54, 1.807) is 0 Å². The van der Waals surface area contributed by atoms with Crippen molar-refractivity contribution in [1.29, 1.82) is 0 Å². The van der Waals surface area contributed by atoms with Crippen LogP contribution < -0.4 is 10.6 Å². The molecule has 2 aromatic heterocycles. The number of anilines is 1. The smallest absolute Gasteiger partial charge is 0.256 e. The van der Waals surface area contributed by atoms with Crippen LogP contribution in [0.1, 0.15) is 53.1 Å². The number of aromatic amines is 1. The third-order valence-electron chi connectivity index (χ3n) is 7.56. The molecule has 4 aromatic rings. The summed E-state index contributed by atoms with van der Waals surface area (Å²) in [5.41, 5.74) is 8.05. The van der Waals surface area contributed by atoms with Crippen molar-refractivity contribution in [2.75, 3.05) is 31.5 Å². The van der Waals surface area contributed by atoms with Gasteiger partial charge >= 0.3 is 0 Å². The predicted octanol–water partition coefficient (Wildman–Crippen LogP) is 5.44. The van der Waals surface area contributed by atoms with Gasteiger partial charge in [-0.25, -0.2) is 4.68 Å². The third kappa shape index (κ3) is 5.49. The van der Waals surface area contributed by atoms with Crippen LogP contribution in [-0.2, 0) is 4.79 Å². The van der Waals surface area contributed by atoms with Crippen molar-refractivity contribution in [3.63, 3.8) is 0 Å². The monoisotopic (exact) mass is 536 g/mol. The first-order valence-electron chi connectivity index (χ1n) is 13.9. The summed E-state index contributed by atoms with van der Waals surface area (Å²) in [6, 6.07) is 15.9. The zero-order valence-electron chi connectivity index (χ0n) is 23.5. The molecule has 5 rings (SSSR count). The Morgan fingerprint density at radius 2 is 1.85 bits per heavy atom. The van der Waals surface area contributed by atoms with Gasteiger partial charge in [-0.3, -0.25) is 9.59 Å². The minimum atomic E-state index is -0.166. The molecule has 206 valence electrons. The predicted molar refractivity (Wildman–Crippen MR) is 161 cm³/mol. The van der Waals surface area contributed by atoms with E-state index in [1.807, 2.05) is 85.5 Å². The van der Waals surface area contributed by atoms with Crippen LogP contribution in [0.15, 0.2) is 60.9 Å². The fourth-order valence-electron chi connectivity index (χ4n) is 5.24. The number of hydrogen-bond donors (Lipinski definition) is 3. The molecule has 3 heterocycles. The molecule has 0 atom stereocenters. The van der Waals surface area contributed by atoms with Gasteiger partial charge in [-0.1, -0.05) is 38.1 Å². The number of hydrogen-bond acceptors (Lipinski definition) is 4. The van der Waals surface area contributed by atoms with Gasteiger partial charge in [-0.15, -0.1) is 0 Å². The minimum absolute atomic E-state index is 0.0931. The summed E-state index contributed by atoms with van der Waals surface area (Å²) in [6.07, 6.45) is 6.55. The molecule has 0 unspecified atom stereocenters. The van der Waals surface area contributed by atoms with Gasteiger partial charge in [-0.05, 0) is 81.4 Å². The number of nitrogens with one attached hydrogen (secondary N) is 3. The van der Waals surface area contributed by atoms with Gasteiger partial charge in [0.15, 0.2) is 0 Å². The Labute approximate surface area is 235 Å². The summed E-state index contributed by atoms with van der Waals surface area (Å²) in [5, 5.41) is 10.5. The number of rotatable bonds is 10. The van der Waals surface area contributed by atoms with E-state index in [2.05, 4.69) is 39.5 Å². The summed E-state index contributed by atoms with van der Waals surface area (Å²) in [6.45, 7) is 11.7. The summed E-state index contributed by atoms with van der Waals surface area (Å²) >= 11 is 0. The lowest BCUT2D eigenvalue weighted by molar-refractivity contribution is -0.110. The molecule has 1 aliphatic heterocycles. The van der Waals surface area contributed by atoms with E-state index in [0.717, 1.165) is 71.1 Å². The van der Waals surface area contributed by atoms with Gasteiger partial charge in [0.2, 0.25) is 0 Å². The Morgan fingerprint density at radius 3 is 2.60 bits per heavy atom. The molecule has 2 amide bonds. The van der Waals surface area contributed by atoms with E-state index in [1.165, 1.54) is 0 Å². The van der Waals surface area contributed by atoms with Crippen LogP contribution in [0.4, 0.5) is 5.69 Å². The molecule has 2 aromatic carbocycles. The highest BCUT2D eigenvalue weighted by atomic mass is 16.2. The fraction of sp³-hybridized carbons (Fsp3) is 0.281. The number of carbonyl (C=O) groups excluding carboxylic acids is 2. The van der Waals surface area contributed by atoms with E-state index < -0.39 is 0 Å². The number of nitrogens with zero attached hydrogens (tertiary/aromatic N) is 3. The van der Waals surface area contributed by atoms with Gasteiger partial charge < -0.3 is 20.5 Å². The zero-order valence-corrected chi connectivity index (χ0v) is 23.5. The maximum atomic E-state index is 13.0. The first-order chi connectivity index (χ1) is 19.4. The molecular weight excluding hydrogens is 500 g/mol. The molecular formula is C32H36N6O2. The molecule has 8 nitrogen and oxygen atoms in total. The Hall–Kier alpha value is -4.43. The van der Waals surface area contributed by atoms with Crippen LogP contribution in [0, 0.1) is 13.8 Å². The van der Waals surface area contributed by atoms with Crippen LogP contribution in [-0.4, -0.2) is 57.7 Å². The Bertz CT molecular complexity index is 1560. The normalized spacial score (nSPS) is 13.6. The number of para-hydroxylation sites is 1. The van der Waals surface area contributed by atoms with Crippen molar-refractivity contribution in [1.82, 2.24) is 25.0 Å². The van der Waals surface area contributed by atoms with Crippen molar-refractivity contribution >= 4 is 29.2 Å². The molecule has 0 saturated carbocycles. The van der Waals surface area contributed by atoms with Crippen LogP contribution in [0.25, 0.3) is 28.5 Å². The lowest BCUT2D eigenvalue weighted by atomic mass is 10.00. The molecule has 3 N–H and O–H groups in total. The number of carbonyl (C=O) groups is 2. The van der Waals surface area contributed by atoms with Crippen molar-refractivity contribution in [2.24, 2.45) is 0 Å². The van der Waals surface area contributed by atoms with E-state index in [0.29, 0.717) is 17.7 Å². The standard InChI is InChI=1S/C32H36N6O2/c1-5-37(6-2)16-10-15-33-32(40)30-21(3)29(35-22(30)4)18-27-26-17-23(13-14-28(26)36-31(27)39)24-19-34-38(20-24)25-11-8-7-9-12-25/h7-9,11-14,17-20,35H,5-6,10,15-16H2,1-4H3,(H,33,40)(H,36,39)/b27-18-. The van der Waals surface area contributed by atoms with Gasteiger partial charge in [-0.2, -0.15) is 5.10 Å². The number of fused-ring (bicyclic) bond motifs is 1. The van der Waals surface area contributed by atoms with Crippen molar-refractivity contribution in [2.45, 2.75) is 34.1 Å². The third-order valence-corrected chi connectivity index (χ3v) is 7.56. The molecule has 1 aliphatic rings. The fourth-order valence-corrected chi connectivity index (χ4v) is 5.24. The van der Waals surface area contributed by atoms with Crippen molar-refractivity contribution in [3.8, 4) is 16.8 Å². The lowest BCUT2D eigenvalue weighted by Gasteiger charge is -2.17. The molecule has 0 spiro atoms. The molecule has 0 bridgehead atoms. The first kappa shape index (κ1) is 27.1. The van der Waals surface area contributed by atoms with Crippen molar-refractivity contribution < 1.29 is 9.59 Å². The topological polar surface area (TPSA) is 95.1 Å². The Morgan fingerprint density at radius 1 is 1.07 bits per heavy atom.